The van der Waals surface area contributed by atoms with Crippen LogP contribution in [0.1, 0.15) is 49.0 Å². The second kappa shape index (κ2) is 40.7. The van der Waals surface area contributed by atoms with Gasteiger partial charge in [-0.15, -0.1) is 19.3 Å². The molecule has 65 nitrogen and oxygen atoms in total. The fraction of sp³-hybridized carbons (Fsp3) is 0.427. The van der Waals surface area contributed by atoms with Gasteiger partial charge in [0.2, 0.25) is 40.3 Å². The molecule has 6 saturated heterocycles. The van der Waals surface area contributed by atoms with E-state index in [4.69, 9.17) is 92.3 Å². The Hall–Kier alpha value is -17.3. The Morgan fingerprint density at radius 3 is 0.879 bits per heavy atom. The van der Waals surface area contributed by atoms with Crippen LogP contribution in [0.3, 0.4) is 0 Å². The molecular formula is C75H79N43O22+6. The Morgan fingerprint density at radius 2 is 0.614 bits per heavy atom. The molecular weight excluding hydrogens is 1860 g/mol. The second-order valence-corrected chi connectivity index (χ2v) is 30.8. The number of hydrogen-bond acceptors (Lipinski definition) is 49. The van der Waals surface area contributed by atoms with E-state index < -0.39 is 195 Å². The number of nitrogens with one attached hydrogen (secondary N) is 10. The smallest absolute Gasteiger partial charge is 0.294 e. The lowest BCUT2D eigenvalue weighted by Gasteiger charge is -2.18. The third-order valence-electron chi connectivity index (χ3n) is 23.0. The van der Waals surface area contributed by atoms with E-state index in [1.54, 1.807) is 26.0 Å². The van der Waals surface area contributed by atoms with Gasteiger partial charge in [0.25, 0.3) is 45.5 Å². The summed E-state index contributed by atoms with van der Waals surface area (Å²) < 4.78 is 42.1. The molecule has 65 heteroatoms. The number of nitrogens with two attached hydrogens (primary N) is 2. The molecule has 26 N–H and O–H groups in total. The number of aromatic nitrogens is 20. The van der Waals surface area contributed by atoms with E-state index in [1.165, 1.54) is 102 Å². The standard InChI is InChI=1S/C13H13N7O4.C13H14N7O3.C13H12N6O4.C12H12N8O4.C12H13N8O3.C12H11N7O4/c1-3-7-9(22)13(4-21,18-19-14)24-12(7)20-5-15-8-10(20)16-6(2)17-11(8)23;1-2-7-10(22)13(5-21,18-19-15)23-12(7)20-6-17-9-8(14)3-4-16-11(9)20;1-2-7-10(22)13(5-20,17-18-14)23-12(7)19-6-16-9-8(21)3-4-15-11(9)19;1-5-16-9-7(10(23)17-5)15-4-20(9)11-6(2-13)8(22)12(3-21,24-11)18-19-14;13-3-6-9(22)12(4-21,18-19-15)23-11(6)20-5-17-8-7(14)1-2-16-10(8)20;13-3-6-9(22)12(4-20,17-18-14)23-11(6)19-5-16-8-7(21)1-2-15-10(8)19/h1,5,7,9,12,14,21-22H,4H2,2H3;1,3-4,6-7,10,12,15,21-22H,5H2,(H2,14,16);1,3-4,6-7,10,12,14,20,22H,5H2;4,6,8,11,14,21-22H,3H2,1H3;1-2,5-6,9,11,15,21-22H,4H2,(H2,14,16);1-2,5-6,9,11,14,20,22H,4H2/q;+1;;;+1;/p+4/t7-,9-,12+,13+;2*7-,10-,12+,13+;6-,8-,11+,12+;2*6-,9-,11+,12+/m000000/s1. The largest absolute Gasteiger partial charge is 0.397 e. The predicted molar refractivity (Wildman–Crippen MR) is 454 cm³/mol. The Kier molecular flexibility index (Phi) is 29.1. The highest BCUT2D eigenvalue weighted by Crippen LogP contribution is 2.49. The number of ether oxygens (including phenoxy) is 6. The first-order valence-electron chi connectivity index (χ1n) is 40.2. The molecule has 0 saturated carbocycles. The highest BCUT2D eigenvalue weighted by molar-refractivity contribution is 5.85. The summed E-state index contributed by atoms with van der Waals surface area (Å²) in [6.07, 6.45) is 15.6. The lowest BCUT2D eigenvalue weighted by Crippen LogP contribution is -2.43. The van der Waals surface area contributed by atoms with Crippen molar-refractivity contribution in [2.24, 2.45) is 66.2 Å². The number of aromatic amines is 4. The summed E-state index contributed by atoms with van der Waals surface area (Å²) in [5, 5.41) is 168. The summed E-state index contributed by atoms with van der Waals surface area (Å²) in [6, 6.07) is 11.5. The van der Waals surface area contributed by atoms with Crippen LogP contribution in [-0.4, -0.2) is 269 Å². The number of nitrogens with zero attached hydrogens (tertiary/aromatic N) is 31. The van der Waals surface area contributed by atoms with Gasteiger partial charge in [0.1, 0.15) is 161 Å². The topological polar surface area (TPSA) is 1010 Å². The monoisotopic (exact) mass is 1930 g/mol. The van der Waals surface area contributed by atoms with Gasteiger partial charge in [-0.2, -0.15) is 15.8 Å². The number of rotatable bonds is 18. The molecule has 12 aromatic rings. The molecule has 0 spiro atoms. The molecule has 12 aromatic heterocycles. The first-order valence-corrected chi connectivity index (χ1v) is 40.2. The van der Waals surface area contributed by atoms with Gasteiger partial charge in [-0.25, -0.2) is 49.8 Å². The molecule has 0 radical (unpaired) electrons. The molecule has 6 aliphatic rings. The van der Waals surface area contributed by atoms with Gasteiger partial charge in [0, 0.05) is 36.9 Å². The molecule has 720 valence electrons. The number of fused-ring (bicyclic) bond motifs is 6. The molecule has 18 heterocycles. The van der Waals surface area contributed by atoms with Crippen LogP contribution >= 0.6 is 0 Å². The van der Waals surface area contributed by atoms with Crippen LogP contribution in [0.5, 0.6) is 0 Å². The molecule has 0 aliphatic carbocycles. The van der Waals surface area contributed by atoms with Crippen LogP contribution in [0.4, 0.5) is 11.4 Å². The number of anilines is 2. The van der Waals surface area contributed by atoms with Crippen molar-refractivity contribution in [3.05, 3.63) is 140 Å². The normalized spacial score (nSPS) is 29.8. The molecule has 6 aliphatic heterocycles. The van der Waals surface area contributed by atoms with E-state index >= 15 is 0 Å². The Morgan fingerprint density at radius 1 is 0.379 bits per heavy atom. The number of nitriles is 3. The summed E-state index contributed by atoms with van der Waals surface area (Å²) in [5.41, 5.74) is 44.0. The van der Waals surface area contributed by atoms with Crippen LogP contribution in [0.2, 0.25) is 0 Å². The van der Waals surface area contributed by atoms with Crippen molar-refractivity contribution in [2.75, 3.05) is 51.1 Å². The minimum Gasteiger partial charge on any atom is -0.397 e. The maximum absolute atomic E-state index is 11.9. The first-order chi connectivity index (χ1) is 67.2. The van der Waals surface area contributed by atoms with Crippen LogP contribution in [-0.2, 0) is 28.4 Å². The number of pyridine rings is 4. The molecule has 24 atom stereocenters. The minimum absolute atomic E-state index is 0.0407. The molecule has 6 fully saturated rings. The number of nitrogen functional groups attached to an aromatic ring is 2. The maximum Gasteiger partial charge on any atom is 0.294 e. The van der Waals surface area contributed by atoms with Crippen LogP contribution in [0.25, 0.3) is 67.0 Å². The highest BCUT2D eigenvalue weighted by atomic mass is 16.6. The van der Waals surface area contributed by atoms with Crippen molar-refractivity contribution in [3.63, 3.8) is 0 Å². The number of aliphatic hydroxyl groups excluding tert-OH is 12. The number of aryl methyl sites for hydroxylation is 2. The van der Waals surface area contributed by atoms with Crippen molar-refractivity contribution >= 4 is 78.4 Å². The zero-order chi connectivity index (χ0) is 101. The number of terminal acetylenes is 3. The fourth-order valence-corrected chi connectivity index (χ4v) is 16.0. The Balaban J connectivity index is 0.000000141. The zero-order valence-electron chi connectivity index (χ0n) is 71.9. The van der Waals surface area contributed by atoms with Gasteiger partial charge in [-0.05, 0) is 26.0 Å². The van der Waals surface area contributed by atoms with Crippen molar-refractivity contribution in [1.29, 1.82) is 49.0 Å². The summed E-state index contributed by atoms with van der Waals surface area (Å²) in [7, 11) is 0. The SMILES string of the molecule is C#C[C@@H]1[C@H](n2cnc3c(=O)[nH]c(C)nc32)O[C@@](CO)(N=[N+]=N)[C@H]1O.C#C[C@@H]1[C@H](n2cnc3c(=O)cc[nH]c32)O[C@@](CO)(N=[N+]=N)[C@H]1O.C#C[C@@H]1[C@H](n2cnc3c(N)ccnc32)O[C@@](CO)(N=[N+]=N)[C@H]1O.Cc1nc2c(ncn2[C@@H]2O[C@@](CO)(N=[N+]=N)[C@@H](O)[C@@H]2C#N)c(=O)[nH]1.N#C[C@@H]1[C@H](n2cnc3c(=O)cc[nH]c32)O[C@@](CO)(N=[N+]=N)[C@H]1O.N#C[C@@H]1[C@H](n2cnc3c(N)ccnc32)O[C@@](CO)(N=[N+]=N)[C@H]1O. The third-order valence-corrected chi connectivity index (χ3v) is 23.0. The van der Waals surface area contributed by atoms with Crippen molar-refractivity contribution in [2.45, 2.75) is 122 Å². The second-order valence-electron chi connectivity index (χ2n) is 30.8. The lowest BCUT2D eigenvalue weighted by molar-refractivity contribution is -0.126. The van der Waals surface area contributed by atoms with Gasteiger partial charge in [-0.1, -0.05) is 17.8 Å². The number of imidazole rings is 6. The maximum atomic E-state index is 11.9. The van der Waals surface area contributed by atoms with E-state index in [2.05, 4.69) is 148 Å². The lowest BCUT2D eigenvalue weighted by atomic mass is 9.97. The number of hydrogen-bond donors (Lipinski definition) is 24. The highest BCUT2D eigenvalue weighted by Gasteiger charge is 2.66. The zero-order valence-corrected chi connectivity index (χ0v) is 71.9. The Bertz CT molecular complexity index is 7180. The van der Waals surface area contributed by atoms with E-state index in [9.17, 15) is 96.2 Å². The van der Waals surface area contributed by atoms with E-state index in [0.717, 1.165) is 0 Å². The fourth-order valence-electron chi connectivity index (χ4n) is 16.0. The average molecular weight is 1930 g/mol. The van der Waals surface area contributed by atoms with Crippen molar-refractivity contribution in [1.82, 2.24) is 127 Å². The summed E-state index contributed by atoms with van der Waals surface area (Å²) in [6.45, 7) is -1.25. The average Bonchev–Trinajstić information content (AvgIpc) is 1.59. The quantitative estimate of drug-likeness (QED) is 0.0216. The van der Waals surface area contributed by atoms with Gasteiger partial charge < -0.3 is 121 Å². The van der Waals surface area contributed by atoms with Crippen LogP contribution in [0.15, 0.2) is 137 Å². The van der Waals surface area contributed by atoms with Gasteiger partial charge in [0.15, 0.2) is 113 Å². The van der Waals surface area contributed by atoms with Crippen LogP contribution < -0.4 is 62.9 Å². The summed E-state index contributed by atoms with van der Waals surface area (Å²) in [4.78, 5) is 116. The molecule has 0 bridgehead atoms. The van der Waals surface area contributed by atoms with Gasteiger partial charge in [0.05, 0.1) is 85.3 Å². The van der Waals surface area contributed by atoms with Crippen molar-refractivity contribution < 1.29 is 89.7 Å². The third kappa shape index (κ3) is 17.2. The van der Waals surface area contributed by atoms with Gasteiger partial charge >= 0.3 is 0 Å². The summed E-state index contributed by atoms with van der Waals surface area (Å²) >= 11 is 0. The van der Waals surface area contributed by atoms with E-state index in [1.807, 2.05) is 18.2 Å². The van der Waals surface area contributed by atoms with Crippen molar-refractivity contribution in [3.8, 4) is 55.2 Å². The van der Waals surface area contributed by atoms with Crippen LogP contribution in [0, 0.1) is 154 Å². The molecule has 18 rings (SSSR count). The molecule has 0 aromatic carbocycles. The number of aliphatic hydroxyl groups is 12. The molecule has 140 heavy (non-hydrogen) atoms. The summed E-state index contributed by atoms with van der Waals surface area (Å²) in [5.74, 6) is 1.87. The molecule has 0 unspecified atom stereocenters. The minimum atomic E-state index is -1.94. The first kappa shape index (κ1) is 100. The Labute approximate surface area is 775 Å². The molecule has 0 amide bonds. The van der Waals surface area contributed by atoms with Gasteiger partial charge in [-0.3, -0.25) is 46.6 Å². The predicted octanol–water partition coefficient (Wildman–Crippen LogP) is -5.73. The van der Waals surface area contributed by atoms with E-state index in [-0.39, 0.29) is 44.2 Å². The number of H-pyrrole nitrogens is 4. The van der Waals surface area contributed by atoms with E-state index in [0.29, 0.717) is 56.6 Å².